The number of benzene rings is 4. The maximum atomic E-state index is 15.3. The van der Waals surface area contributed by atoms with Crippen LogP contribution in [0.4, 0.5) is 8.78 Å². The van der Waals surface area contributed by atoms with Crippen molar-refractivity contribution in [2.24, 2.45) is 22.8 Å². The lowest BCUT2D eigenvalue weighted by molar-refractivity contribution is -0.156. The predicted octanol–water partition coefficient (Wildman–Crippen LogP) is 6.00. The Morgan fingerprint density at radius 1 is 0.846 bits per heavy atom. The van der Waals surface area contributed by atoms with Gasteiger partial charge in [0.2, 0.25) is 11.8 Å². The van der Waals surface area contributed by atoms with Gasteiger partial charge in [-0.3, -0.25) is 19.2 Å². The van der Waals surface area contributed by atoms with Gasteiger partial charge in [0, 0.05) is 36.1 Å². The van der Waals surface area contributed by atoms with Crippen molar-refractivity contribution < 1.29 is 48.7 Å². The Morgan fingerprint density at radius 2 is 1.43 bits per heavy atom. The van der Waals surface area contributed by atoms with E-state index in [4.69, 9.17) is 16.6 Å². The standard InChI is InChI=1S/C50H57F2N5O8/c1-32(53)46(61)39(26-44(60)64-30-34-16-10-6-11-17-34)45(49(63)65-31-35-18-12-7-13-19-35)55-48(62)41(54)22-23-57(43(59)29-58)47(50(2,3)4)42-24-36(38-25-37(51)20-21-40(38)52)28-56(42)27-33-14-8-5-9-15-33/h5-21,24-25,28,32,39,41,45,47,58H,22-23,26-27,29-31,53-54H2,1-4H3,(H,55,62)/t32-,39?,41-,45-,47-/m0/s1/i/hD. The molecule has 0 saturated carbocycles. The molecule has 1 aromatic heterocycles. The Hall–Kier alpha value is -6.55. The van der Waals surface area contributed by atoms with Crippen LogP contribution >= 0.6 is 0 Å². The first-order chi connectivity index (χ1) is 31.5. The van der Waals surface area contributed by atoms with Crippen molar-refractivity contribution in [1.29, 1.82) is 0 Å². The number of rotatable bonds is 22. The van der Waals surface area contributed by atoms with E-state index in [0.29, 0.717) is 22.4 Å². The summed E-state index contributed by atoms with van der Waals surface area (Å²) in [5.41, 5.74) is 10.8. The van der Waals surface area contributed by atoms with E-state index in [-0.39, 0.29) is 38.3 Å². The number of halogens is 2. The third-order valence-corrected chi connectivity index (χ3v) is 10.9. The van der Waals surface area contributed by atoms with Crippen LogP contribution in [0.2, 0.25) is 1.41 Å². The van der Waals surface area contributed by atoms with Gasteiger partial charge in [0.15, 0.2) is 5.78 Å². The number of amides is 2. The summed E-state index contributed by atoms with van der Waals surface area (Å²) in [5.74, 6) is -7.21. The number of aliphatic hydroxyl groups is 1. The normalized spacial score (nSPS) is 13.9. The second kappa shape index (κ2) is 22.9. The van der Waals surface area contributed by atoms with Gasteiger partial charge in [-0.2, -0.15) is 0 Å². The number of hydrogen-bond acceptors (Lipinski definition) is 10. The highest BCUT2D eigenvalue weighted by molar-refractivity contribution is 5.96. The van der Waals surface area contributed by atoms with E-state index in [9.17, 15) is 33.5 Å². The van der Waals surface area contributed by atoms with Crippen molar-refractivity contribution in [3.63, 3.8) is 0 Å². The first-order valence-electron chi connectivity index (χ1n) is 21.8. The number of Topliss-reactive ketones (excluding diaryl/α,β-unsaturated/α-hetero) is 1. The highest BCUT2D eigenvalue weighted by Crippen LogP contribution is 2.41. The van der Waals surface area contributed by atoms with Gasteiger partial charge >= 0.3 is 11.9 Å². The van der Waals surface area contributed by atoms with Gasteiger partial charge < -0.3 is 40.8 Å². The number of nitrogens with one attached hydrogen (secondary N) is 1. The number of nitrogens with zero attached hydrogens (tertiary/aromatic N) is 2. The van der Waals surface area contributed by atoms with E-state index in [1.807, 2.05) is 55.7 Å². The van der Waals surface area contributed by atoms with Crippen molar-refractivity contribution in [1.82, 2.24) is 14.8 Å². The topological polar surface area (TPSA) is 196 Å². The molecule has 0 fully saturated rings. The Bertz CT molecular complexity index is 2420. The third-order valence-electron chi connectivity index (χ3n) is 10.9. The minimum absolute atomic E-state index is 0.000409. The molecule has 6 N–H and O–H groups in total. The summed E-state index contributed by atoms with van der Waals surface area (Å²) in [4.78, 5) is 70.4. The maximum Gasteiger partial charge on any atom is 0.329 e. The molecule has 0 saturated heterocycles. The van der Waals surface area contributed by atoms with Crippen LogP contribution in [0.15, 0.2) is 121 Å². The monoisotopic (exact) mass is 894 g/mol. The van der Waals surface area contributed by atoms with Crippen molar-refractivity contribution in [2.45, 2.75) is 84.5 Å². The van der Waals surface area contributed by atoms with E-state index in [1.165, 1.54) is 11.8 Å². The predicted molar refractivity (Wildman–Crippen MR) is 240 cm³/mol. The molecule has 5 aromatic rings. The molecule has 5 atom stereocenters. The molecule has 5 rings (SSSR count). The Labute approximate surface area is 379 Å². The summed E-state index contributed by atoms with van der Waals surface area (Å²) in [6.07, 6.45) is 0.764. The maximum absolute atomic E-state index is 15.3. The van der Waals surface area contributed by atoms with E-state index in [0.717, 1.165) is 23.8 Å². The van der Waals surface area contributed by atoms with E-state index >= 15 is 4.39 Å². The molecular weight excluding hydrogens is 837 g/mol. The molecule has 0 radical (unpaired) electrons. The first kappa shape index (κ1) is 47.9. The second-order valence-corrected chi connectivity index (χ2v) is 17.0. The van der Waals surface area contributed by atoms with Crippen molar-refractivity contribution in [3.05, 3.63) is 155 Å². The van der Waals surface area contributed by atoms with E-state index in [1.54, 1.807) is 72.9 Å². The van der Waals surface area contributed by atoms with Crippen molar-refractivity contribution in [2.75, 3.05) is 13.2 Å². The minimum Gasteiger partial charge on any atom is -0.461 e. The first-order valence-corrected chi connectivity index (χ1v) is 21.3. The number of hydrogen-bond donors (Lipinski definition) is 4. The molecular formula is C50H57F2N5O8. The quantitative estimate of drug-likeness (QED) is 0.0599. The molecule has 0 aliphatic rings. The molecule has 0 bridgehead atoms. The fourth-order valence-electron chi connectivity index (χ4n) is 7.59. The average molecular weight is 895 g/mol. The summed E-state index contributed by atoms with van der Waals surface area (Å²) in [6.45, 7) is 5.73. The molecule has 2 amide bonds. The van der Waals surface area contributed by atoms with Gasteiger partial charge in [0.1, 0.15) is 38.9 Å². The van der Waals surface area contributed by atoms with Crippen LogP contribution in [-0.4, -0.2) is 75.4 Å². The van der Waals surface area contributed by atoms with Gasteiger partial charge in [-0.15, -0.1) is 0 Å². The fourth-order valence-corrected chi connectivity index (χ4v) is 7.59. The number of aromatic nitrogens is 1. The third kappa shape index (κ3) is 13.7. The minimum atomic E-state index is -1.78. The summed E-state index contributed by atoms with van der Waals surface area (Å²) in [6, 6.07) is 26.3. The molecule has 1 unspecified atom stereocenters. The number of esters is 2. The summed E-state index contributed by atoms with van der Waals surface area (Å²) in [7, 11) is 0. The number of carbonyl (C=O) groups excluding carboxylic acids is 5. The van der Waals surface area contributed by atoms with Crippen LogP contribution in [-0.2, 0) is 53.2 Å². The molecule has 0 aliphatic heterocycles. The highest BCUT2D eigenvalue weighted by Gasteiger charge is 2.41. The number of ether oxygens (including phenoxy) is 2. The highest BCUT2D eigenvalue weighted by atomic mass is 19.1. The van der Waals surface area contributed by atoms with Crippen LogP contribution in [0.5, 0.6) is 0 Å². The average Bonchev–Trinajstić information content (AvgIpc) is 3.72. The molecule has 13 nitrogen and oxygen atoms in total. The van der Waals surface area contributed by atoms with Gasteiger partial charge in [0.25, 0.3) is 0 Å². The molecule has 15 heteroatoms. The molecule has 1 heterocycles. The molecule has 344 valence electrons. The molecule has 0 spiro atoms. The SMILES string of the molecule is [2H]N[C@@H](C)C(=O)C(CC(=O)OCc1ccccc1)[C@H](NC(=O)[C@@H](N)CCN(C(=O)CO)[C@@H](c1cc(-c2cc(F)ccc2F)cn1Cc1ccccc1)C(C)(C)C)C(=O)OCc1ccccc1. The molecule has 65 heavy (non-hydrogen) atoms. The number of ketones is 1. The van der Waals surface area contributed by atoms with Crippen molar-refractivity contribution in [3.8, 4) is 11.1 Å². The Kier molecular flexibility index (Phi) is 16.9. The summed E-state index contributed by atoms with van der Waals surface area (Å²) >= 11 is 0. The van der Waals surface area contributed by atoms with E-state index in [2.05, 4.69) is 11.0 Å². The lowest BCUT2D eigenvalue weighted by Gasteiger charge is -2.41. The number of nitrogens with two attached hydrogens (primary N) is 2. The zero-order valence-corrected chi connectivity index (χ0v) is 36.9. The zero-order valence-electron chi connectivity index (χ0n) is 37.9. The van der Waals surface area contributed by atoms with Crippen LogP contribution in [0.1, 0.15) is 69.0 Å². The van der Waals surface area contributed by atoms with Gasteiger partial charge in [-0.05, 0) is 59.7 Å². The largest absolute Gasteiger partial charge is 0.461 e. The molecule has 0 aliphatic carbocycles. The van der Waals surface area contributed by atoms with Crippen LogP contribution in [0.3, 0.4) is 0 Å². The number of carbonyl (C=O) groups is 5. The fraction of sp³-hybridized carbons (Fsp3) is 0.340. The Balaban J connectivity index is 1.45. The van der Waals surface area contributed by atoms with Crippen LogP contribution in [0, 0.1) is 23.0 Å². The van der Waals surface area contributed by atoms with Crippen LogP contribution < -0.4 is 16.8 Å². The smallest absolute Gasteiger partial charge is 0.329 e. The van der Waals surface area contributed by atoms with Gasteiger partial charge in [0.05, 0.1) is 30.5 Å². The van der Waals surface area contributed by atoms with E-state index < -0.39 is 89.7 Å². The van der Waals surface area contributed by atoms with Gasteiger partial charge in [-0.1, -0.05) is 112 Å². The number of aliphatic hydroxyl groups excluding tert-OH is 1. The zero-order chi connectivity index (χ0) is 48.0. The lowest BCUT2D eigenvalue weighted by atomic mass is 9.82. The molecule has 4 aromatic carbocycles. The van der Waals surface area contributed by atoms with Crippen LogP contribution in [0.25, 0.3) is 11.1 Å². The second-order valence-electron chi connectivity index (χ2n) is 17.0. The lowest BCUT2D eigenvalue weighted by Crippen LogP contribution is -2.56. The van der Waals surface area contributed by atoms with Crippen molar-refractivity contribution >= 4 is 29.5 Å². The summed E-state index contributed by atoms with van der Waals surface area (Å²) < 4.78 is 50.3. The van der Waals surface area contributed by atoms with Gasteiger partial charge in [-0.25, -0.2) is 13.6 Å². The Morgan fingerprint density at radius 3 is 2.00 bits per heavy atom. The summed E-state index contributed by atoms with van der Waals surface area (Å²) in [5, 5.41) is 12.9.